The highest BCUT2D eigenvalue weighted by Crippen LogP contribution is 2.18. The first-order valence-corrected chi connectivity index (χ1v) is 6.11. The first kappa shape index (κ1) is 10.7. The molecule has 1 aliphatic rings. The first-order valence-electron chi connectivity index (χ1n) is 5.03. The van der Waals surface area contributed by atoms with Crippen LogP contribution < -0.4 is 10.6 Å². The molecule has 3 nitrogen and oxygen atoms in total. The van der Waals surface area contributed by atoms with Crippen LogP contribution in [0.1, 0.15) is 18.4 Å². The molecular weight excluding hydrogens is 303 g/mol. The molecule has 2 amide bonds. The van der Waals surface area contributed by atoms with E-state index >= 15 is 0 Å². The molecule has 15 heavy (non-hydrogen) atoms. The van der Waals surface area contributed by atoms with Gasteiger partial charge in [0.05, 0.1) is 0 Å². The van der Waals surface area contributed by atoms with Crippen molar-refractivity contribution in [2.75, 3.05) is 0 Å². The maximum absolute atomic E-state index is 11.3. The lowest BCUT2D eigenvalue weighted by Crippen LogP contribution is -2.36. The summed E-state index contributed by atoms with van der Waals surface area (Å²) in [4.78, 5) is 11.3. The van der Waals surface area contributed by atoms with Crippen molar-refractivity contribution >= 4 is 28.6 Å². The van der Waals surface area contributed by atoms with Gasteiger partial charge in [0.25, 0.3) is 0 Å². The summed E-state index contributed by atoms with van der Waals surface area (Å²) in [5.41, 5.74) is 1.13. The van der Waals surface area contributed by atoms with Gasteiger partial charge in [-0.1, -0.05) is 12.1 Å². The summed E-state index contributed by atoms with van der Waals surface area (Å²) in [5, 5.41) is 5.72. The molecule has 0 bridgehead atoms. The molecule has 1 fully saturated rings. The molecule has 0 unspecified atom stereocenters. The van der Waals surface area contributed by atoms with E-state index in [0.717, 1.165) is 18.4 Å². The minimum absolute atomic E-state index is 0.0592. The molecule has 0 heterocycles. The summed E-state index contributed by atoms with van der Waals surface area (Å²) in [6.45, 7) is 0.593. The van der Waals surface area contributed by atoms with Gasteiger partial charge in [-0.3, -0.25) is 0 Å². The highest BCUT2D eigenvalue weighted by atomic mass is 127. The third-order valence-corrected chi connectivity index (χ3v) is 3.00. The Hall–Kier alpha value is -0.780. The number of rotatable bonds is 3. The van der Waals surface area contributed by atoms with Crippen LogP contribution in [0, 0.1) is 3.57 Å². The predicted molar refractivity (Wildman–Crippen MR) is 67.6 cm³/mol. The van der Waals surface area contributed by atoms with E-state index in [1.165, 1.54) is 3.57 Å². The molecular formula is C11H13IN2O. The molecule has 0 radical (unpaired) electrons. The summed E-state index contributed by atoms with van der Waals surface area (Å²) in [5.74, 6) is 0. The van der Waals surface area contributed by atoms with Crippen molar-refractivity contribution in [3.63, 3.8) is 0 Å². The Bertz CT molecular complexity index is 346. The van der Waals surface area contributed by atoms with Gasteiger partial charge in [-0.2, -0.15) is 0 Å². The van der Waals surface area contributed by atoms with Crippen molar-refractivity contribution in [1.29, 1.82) is 0 Å². The Labute approximate surface area is 103 Å². The van der Waals surface area contributed by atoms with Crippen molar-refractivity contribution in [2.24, 2.45) is 0 Å². The van der Waals surface area contributed by atoms with Gasteiger partial charge in [-0.15, -0.1) is 0 Å². The molecule has 0 aliphatic heterocycles. The monoisotopic (exact) mass is 316 g/mol. The standard InChI is InChI=1S/C11H13IN2O/c12-9-3-1-8(2-4-9)7-13-11(15)14-10-5-6-10/h1-4,10H,5-7H2,(H2,13,14,15). The molecule has 0 atom stereocenters. The van der Waals surface area contributed by atoms with E-state index in [-0.39, 0.29) is 6.03 Å². The smallest absolute Gasteiger partial charge is 0.315 e. The second-order valence-electron chi connectivity index (χ2n) is 3.73. The van der Waals surface area contributed by atoms with Crippen molar-refractivity contribution in [3.05, 3.63) is 33.4 Å². The van der Waals surface area contributed by atoms with E-state index in [0.29, 0.717) is 12.6 Å². The van der Waals surface area contributed by atoms with E-state index < -0.39 is 0 Å². The third-order valence-electron chi connectivity index (χ3n) is 2.28. The van der Waals surface area contributed by atoms with Gasteiger partial charge >= 0.3 is 6.03 Å². The van der Waals surface area contributed by atoms with Crippen LogP contribution in [0.5, 0.6) is 0 Å². The maximum atomic E-state index is 11.3. The van der Waals surface area contributed by atoms with Crippen LogP contribution in [0.15, 0.2) is 24.3 Å². The average molecular weight is 316 g/mol. The van der Waals surface area contributed by atoms with Gasteiger partial charge in [0.2, 0.25) is 0 Å². The van der Waals surface area contributed by atoms with Gasteiger partial charge in [-0.25, -0.2) is 4.79 Å². The minimum atomic E-state index is -0.0592. The van der Waals surface area contributed by atoms with E-state index in [2.05, 4.69) is 33.2 Å². The lowest BCUT2D eigenvalue weighted by molar-refractivity contribution is 0.240. The third kappa shape index (κ3) is 3.70. The highest BCUT2D eigenvalue weighted by Gasteiger charge is 2.22. The van der Waals surface area contributed by atoms with E-state index in [9.17, 15) is 4.79 Å². The van der Waals surface area contributed by atoms with Crippen LogP contribution in [0.4, 0.5) is 4.79 Å². The van der Waals surface area contributed by atoms with Gasteiger partial charge in [0, 0.05) is 16.2 Å². The fourth-order valence-corrected chi connectivity index (χ4v) is 1.61. The van der Waals surface area contributed by atoms with Crippen molar-refractivity contribution in [3.8, 4) is 0 Å². The first-order chi connectivity index (χ1) is 7.24. The number of nitrogens with one attached hydrogen (secondary N) is 2. The molecule has 80 valence electrons. The summed E-state index contributed by atoms with van der Waals surface area (Å²) in [6.07, 6.45) is 2.24. The molecule has 2 rings (SSSR count). The zero-order valence-electron chi connectivity index (χ0n) is 8.29. The molecule has 1 aromatic carbocycles. The maximum Gasteiger partial charge on any atom is 0.315 e. The molecule has 0 saturated heterocycles. The van der Waals surface area contributed by atoms with E-state index in [4.69, 9.17) is 0 Å². The summed E-state index contributed by atoms with van der Waals surface area (Å²) >= 11 is 2.26. The van der Waals surface area contributed by atoms with Crippen LogP contribution in [0.2, 0.25) is 0 Å². The fraction of sp³-hybridized carbons (Fsp3) is 0.364. The lowest BCUT2D eigenvalue weighted by atomic mass is 10.2. The van der Waals surface area contributed by atoms with Gasteiger partial charge in [0.1, 0.15) is 0 Å². The molecule has 1 saturated carbocycles. The molecule has 4 heteroatoms. The fourth-order valence-electron chi connectivity index (χ4n) is 1.25. The normalized spacial score (nSPS) is 14.7. The second-order valence-corrected chi connectivity index (χ2v) is 4.97. The predicted octanol–water partition coefficient (Wildman–Crippen LogP) is 2.25. The van der Waals surface area contributed by atoms with Crippen LogP contribution >= 0.6 is 22.6 Å². The molecule has 0 spiro atoms. The minimum Gasteiger partial charge on any atom is -0.335 e. The summed E-state index contributed by atoms with van der Waals surface area (Å²) in [7, 11) is 0. The summed E-state index contributed by atoms with van der Waals surface area (Å²) < 4.78 is 1.21. The highest BCUT2D eigenvalue weighted by molar-refractivity contribution is 14.1. The Morgan fingerprint density at radius 1 is 1.33 bits per heavy atom. The quantitative estimate of drug-likeness (QED) is 0.825. The topological polar surface area (TPSA) is 41.1 Å². The number of amides is 2. The number of halogens is 1. The average Bonchev–Trinajstić information content (AvgIpc) is 3.01. The van der Waals surface area contributed by atoms with Crippen LogP contribution in [-0.4, -0.2) is 12.1 Å². The zero-order valence-corrected chi connectivity index (χ0v) is 10.5. The van der Waals surface area contributed by atoms with Gasteiger partial charge in [0.15, 0.2) is 0 Å². The lowest BCUT2D eigenvalue weighted by Gasteiger charge is -2.06. The van der Waals surface area contributed by atoms with Crippen molar-refractivity contribution in [1.82, 2.24) is 10.6 Å². The largest absolute Gasteiger partial charge is 0.335 e. The number of benzene rings is 1. The molecule has 1 aromatic rings. The van der Waals surface area contributed by atoms with Crippen LogP contribution in [0.25, 0.3) is 0 Å². The van der Waals surface area contributed by atoms with Crippen molar-refractivity contribution < 1.29 is 4.79 Å². The molecule has 0 aromatic heterocycles. The van der Waals surface area contributed by atoms with E-state index in [1.807, 2.05) is 24.3 Å². The summed E-state index contributed by atoms with van der Waals surface area (Å²) in [6, 6.07) is 8.49. The number of carbonyl (C=O) groups excluding carboxylic acids is 1. The van der Waals surface area contributed by atoms with Gasteiger partial charge < -0.3 is 10.6 Å². The second kappa shape index (κ2) is 4.83. The number of hydrogen-bond donors (Lipinski definition) is 2. The van der Waals surface area contributed by atoms with Crippen molar-refractivity contribution in [2.45, 2.75) is 25.4 Å². The number of carbonyl (C=O) groups is 1. The number of urea groups is 1. The Kier molecular flexibility index (Phi) is 3.45. The SMILES string of the molecule is O=C(NCc1ccc(I)cc1)NC1CC1. The Morgan fingerprint density at radius 2 is 2.00 bits per heavy atom. The zero-order chi connectivity index (χ0) is 10.7. The Morgan fingerprint density at radius 3 is 2.60 bits per heavy atom. The number of hydrogen-bond acceptors (Lipinski definition) is 1. The Balaban J connectivity index is 1.76. The molecule has 2 N–H and O–H groups in total. The van der Waals surface area contributed by atoms with E-state index in [1.54, 1.807) is 0 Å². The molecule has 1 aliphatic carbocycles. The van der Waals surface area contributed by atoms with Crippen LogP contribution in [-0.2, 0) is 6.54 Å². The van der Waals surface area contributed by atoms with Crippen LogP contribution in [0.3, 0.4) is 0 Å². The van der Waals surface area contributed by atoms with Gasteiger partial charge in [-0.05, 0) is 53.1 Å².